The average molecular weight is 592 g/mol. The topological polar surface area (TPSA) is 131 Å². The van der Waals surface area contributed by atoms with Gasteiger partial charge in [-0.2, -0.15) is 4.98 Å². The molecule has 2 amide bonds. The summed E-state index contributed by atoms with van der Waals surface area (Å²) < 4.78 is 35.8. The van der Waals surface area contributed by atoms with Crippen molar-refractivity contribution < 1.29 is 22.7 Å². The number of benzene rings is 2. The van der Waals surface area contributed by atoms with Gasteiger partial charge < -0.3 is 15.0 Å². The van der Waals surface area contributed by atoms with Crippen LogP contribution in [0.1, 0.15) is 61.5 Å². The molecule has 5 rings (SSSR count). The number of amides is 2. The number of nitrogens with zero attached hydrogens (tertiary/aromatic N) is 3. The first kappa shape index (κ1) is 29.5. The lowest BCUT2D eigenvalue weighted by Gasteiger charge is -2.46. The van der Waals surface area contributed by atoms with Gasteiger partial charge in [0, 0.05) is 36.2 Å². The van der Waals surface area contributed by atoms with Crippen LogP contribution in [0.4, 0.5) is 5.95 Å². The largest absolute Gasteiger partial charge is 0.475 e. The second-order valence-electron chi connectivity index (χ2n) is 11.6. The molecule has 0 spiro atoms. The number of ether oxygens (including phenoxy) is 1. The number of aromatic nitrogens is 2. The van der Waals surface area contributed by atoms with Crippen LogP contribution in [0.15, 0.2) is 53.4 Å². The van der Waals surface area contributed by atoms with Gasteiger partial charge in [0.25, 0.3) is 15.9 Å². The summed E-state index contributed by atoms with van der Waals surface area (Å²) in [5.41, 5.74) is 3.62. The molecular formula is C31H37N5O5S. The number of carbonyl (C=O) groups is 2. The summed E-state index contributed by atoms with van der Waals surface area (Å²) in [5, 5.41) is 2.93. The Kier molecular flexibility index (Phi) is 8.23. The van der Waals surface area contributed by atoms with Gasteiger partial charge in [-0.3, -0.25) is 9.59 Å². The van der Waals surface area contributed by atoms with E-state index in [1.54, 1.807) is 18.2 Å². The summed E-state index contributed by atoms with van der Waals surface area (Å²) in [5.74, 6) is -0.0506. The fourth-order valence-corrected chi connectivity index (χ4v) is 6.84. The van der Waals surface area contributed by atoms with Crippen LogP contribution in [0.5, 0.6) is 5.88 Å². The maximum atomic E-state index is 14.1. The number of aryl methyl sites for hydroxylation is 2. The van der Waals surface area contributed by atoms with Gasteiger partial charge in [0.2, 0.25) is 17.7 Å². The van der Waals surface area contributed by atoms with E-state index in [1.165, 1.54) is 19.1 Å². The maximum absolute atomic E-state index is 14.1. The Balaban J connectivity index is 1.62. The van der Waals surface area contributed by atoms with Crippen LogP contribution in [-0.2, 0) is 14.8 Å². The molecule has 11 heteroatoms. The number of sulfonamides is 1. The third-order valence-corrected chi connectivity index (χ3v) is 9.09. The third kappa shape index (κ3) is 6.25. The highest BCUT2D eigenvalue weighted by Crippen LogP contribution is 2.33. The first-order chi connectivity index (χ1) is 19.9. The molecule has 1 aliphatic carbocycles. The van der Waals surface area contributed by atoms with Crippen molar-refractivity contribution in [1.82, 2.24) is 20.2 Å². The Morgan fingerprint density at radius 2 is 1.79 bits per heavy atom. The minimum absolute atomic E-state index is 0.0225. The van der Waals surface area contributed by atoms with Crippen LogP contribution in [0, 0.1) is 19.8 Å². The zero-order valence-corrected chi connectivity index (χ0v) is 25.4. The fourth-order valence-electron chi connectivity index (χ4n) is 5.85. The summed E-state index contributed by atoms with van der Waals surface area (Å²) in [6.45, 7) is 9.75. The molecule has 42 heavy (non-hydrogen) atoms. The fraction of sp³-hybridized carbons (Fsp3) is 0.419. The molecule has 1 saturated carbocycles. The van der Waals surface area contributed by atoms with Gasteiger partial charge in [-0.15, -0.1) is 0 Å². The van der Waals surface area contributed by atoms with Crippen molar-refractivity contribution in [3.8, 4) is 17.1 Å². The molecule has 0 saturated heterocycles. The first-order valence-electron chi connectivity index (χ1n) is 14.2. The van der Waals surface area contributed by atoms with E-state index in [4.69, 9.17) is 4.74 Å². The zero-order chi connectivity index (χ0) is 30.2. The number of carbonyl (C=O) groups excluding carboxylic acids is 2. The Hall–Kier alpha value is -3.99. The van der Waals surface area contributed by atoms with E-state index >= 15 is 0 Å². The Morgan fingerprint density at radius 1 is 1.10 bits per heavy atom. The van der Waals surface area contributed by atoms with Crippen LogP contribution in [-0.4, -0.2) is 59.8 Å². The molecule has 1 aromatic heterocycles. The molecule has 1 aliphatic heterocycles. The summed E-state index contributed by atoms with van der Waals surface area (Å²) in [7, 11) is -4.13. The second-order valence-corrected chi connectivity index (χ2v) is 13.3. The molecule has 10 nitrogen and oxygen atoms in total. The van der Waals surface area contributed by atoms with Gasteiger partial charge in [-0.1, -0.05) is 38.1 Å². The van der Waals surface area contributed by atoms with E-state index in [0.717, 1.165) is 16.7 Å². The number of fused-ring (bicyclic) bond motifs is 4. The number of nitrogens with one attached hydrogen (secondary N) is 2. The van der Waals surface area contributed by atoms with Crippen LogP contribution in [0.25, 0.3) is 11.3 Å². The molecule has 1 fully saturated rings. The molecule has 222 valence electrons. The highest BCUT2D eigenvalue weighted by Gasteiger charge is 2.41. The van der Waals surface area contributed by atoms with E-state index in [9.17, 15) is 18.0 Å². The summed E-state index contributed by atoms with van der Waals surface area (Å²) in [6.07, 6.45) is 1.87. The maximum Gasteiger partial charge on any atom is 0.264 e. The number of anilines is 1. The zero-order valence-electron chi connectivity index (χ0n) is 24.5. The summed E-state index contributed by atoms with van der Waals surface area (Å²) in [4.78, 5) is 36.5. The van der Waals surface area contributed by atoms with Gasteiger partial charge >= 0.3 is 0 Å². The lowest BCUT2D eigenvalue weighted by molar-refractivity contribution is -0.120. The lowest BCUT2D eigenvalue weighted by atomic mass is 9.83. The molecule has 2 aliphatic rings. The molecule has 2 N–H and O–H groups in total. The quantitative estimate of drug-likeness (QED) is 0.447. The van der Waals surface area contributed by atoms with Crippen molar-refractivity contribution >= 4 is 27.8 Å². The Morgan fingerprint density at radius 3 is 2.45 bits per heavy atom. The van der Waals surface area contributed by atoms with Gasteiger partial charge in [0.05, 0.1) is 16.6 Å². The molecule has 0 unspecified atom stereocenters. The van der Waals surface area contributed by atoms with Gasteiger partial charge in [0.15, 0.2) is 0 Å². The summed E-state index contributed by atoms with van der Waals surface area (Å²) in [6, 6.07) is 13.1. The van der Waals surface area contributed by atoms with Gasteiger partial charge in [-0.05, 0) is 68.4 Å². The average Bonchev–Trinajstić information content (AvgIpc) is 2.89. The number of hydrogen-bond acceptors (Lipinski definition) is 7. The molecule has 4 bridgehead atoms. The van der Waals surface area contributed by atoms with E-state index < -0.39 is 10.0 Å². The van der Waals surface area contributed by atoms with Crippen molar-refractivity contribution in [3.63, 3.8) is 0 Å². The van der Waals surface area contributed by atoms with Crippen LogP contribution in [0.2, 0.25) is 0 Å². The highest BCUT2D eigenvalue weighted by molar-refractivity contribution is 7.92. The van der Waals surface area contributed by atoms with Gasteiger partial charge in [-0.25, -0.2) is 18.1 Å². The highest BCUT2D eigenvalue weighted by atomic mass is 32.2. The van der Waals surface area contributed by atoms with Crippen LogP contribution in [0.3, 0.4) is 0 Å². The molecular weight excluding hydrogens is 554 g/mol. The minimum Gasteiger partial charge on any atom is -0.475 e. The molecule has 1 atom stereocenters. The number of rotatable bonds is 5. The van der Waals surface area contributed by atoms with Crippen LogP contribution >= 0.6 is 0 Å². The predicted octanol–water partition coefficient (Wildman–Crippen LogP) is 4.48. The third-order valence-electron chi connectivity index (χ3n) is 7.77. The van der Waals surface area contributed by atoms with E-state index in [0.29, 0.717) is 25.0 Å². The smallest absolute Gasteiger partial charge is 0.264 e. The SMILES string of the molecule is CC(=O)NC1CC(N2C(=O)c3cccc(c3)S(=O)(=O)Nc3nc(cc(-c4c(C)cccc4C)n3)OC[C@H]2CC(C)C)C1. The monoisotopic (exact) mass is 591 g/mol. The number of hydrogen-bond donors (Lipinski definition) is 2. The summed E-state index contributed by atoms with van der Waals surface area (Å²) >= 11 is 0. The van der Waals surface area contributed by atoms with E-state index in [2.05, 4.69) is 33.9 Å². The van der Waals surface area contributed by atoms with Gasteiger partial charge in [0.1, 0.15) is 6.61 Å². The molecule has 2 heterocycles. The molecule has 3 aromatic rings. The molecule has 2 aromatic carbocycles. The minimum atomic E-state index is -4.13. The van der Waals surface area contributed by atoms with Crippen molar-refractivity contribution in [2.45, 2.75) is 76.9 Å². The Labute approximate surface area is 247 Å². The molecule has 0 radical (unpaired) electrons. The Bertz CT molecular complexity index is 1600. The van der Waals surface area contributed by atoms with Crippen molar-refractivity contribution in [2.75, 3.05) is 11.3 Å². The predicted molar refractivity (Wildman–Crippen MR) is 160 cm³/mol. The van der Waals surface area contributed by atoms with Crippen molar-refractivity contribution in [2.24, 2.45) is 5.92 Å². The van der Waals surface area contributed by atoms with E-state index in [1.807, 2.05) is 36.9 Å². The van der Waals surface area contributed by atoms with Crippen LogP contribution < -0.4 is 14.8 Å². The van der Waals surface area contributed by atoms with E-state index in [-0.39, 0.29) is 64.8 Å². The second kappa shape index (κ2) is 11.7. The lowest BCUT2D eigenvalue weighted by Crippen LogP contribution is -2.59. The van der Waals surface area contributed by atoms with Crippen molar-refractivity contribution in [1.29, 1.82) is 0 Å². The normalized spacial score (nSPS) is 21.6. The first-order valence-corrected chi connectivity index (χ1v) is 15.7. The standard InChI is InChI=1S/C31H37N5O5S/c1-18(2)12-25-17-41-28-16-27(29-19(3)8-6-9-20(29)4)33-31(34-28)35-42(39,40)26-11-7-10-22(13-26)30(38)36(25)24-14-23(15-24)32-21(5)37/h6-11,13,16,18,23-25H,12,14-15,17H2,1-5H3,(H,32,37)(H,33,34,35)/t23?,24?,25-/m1/s1. The van der Waals surface area contributed by atoms with Crippen molar-refractivity contribution in [3.05, 3.63) is 65.2 Å².